The van der Waals surface area contributed by atoms with Gasteiger partial charge in [0.1, 0.15) is 11.9 Å². The second-order valence-electron chi connectivity index (χ2n) is 4.08. The number of amides is 1. The summed E-state index contributed by atoms with van der Waals surface area (Å²) < 4.78 is 4.64. The van der Waals surface area contributed by atoms with Gasteiger partial charge in [0.05, 0.1) is 0 Å². The predicted molar refractivity (Wildman–Crippen MR) is 71.5 cm³/mol. The first kappa shape index (κ1) is 18.1. The van der Waals surface area contributed by atoms with Gasteiger partial charge >= 0.3 is 12.1 Å². The van der Waals surface area contributed by atoms with Crippen LogP contribution in [0.2, 0.25) is 0 Å². The fraction of sp³-hybridized carbons (Fsp3) is 0.727. The molecule has 0 fully saturated rings. The van der Waals surface area contributed by atoms with Gasteiger partial charge < -0.3 is 20.9 Å². The monoisotopic (exact) mass is 290 g/mol. The van der Waals surface area contributed by atoms with Crippen molar-refractivity contribution in [1.29, 1.82) is 0 Å². The molecule has 0 aromatic heterocycles. The maximum atomic E-state index is 10.8. The van der Waals surface area contributed by atoms with Gasteiger partial charge in [0.15, 0.2) is 6.73 Å². The number of aliphatic carboxylic acids is 1. The molecule has 5 N–H and O–H groups in total. The molecule has 0 rings (SSSR count). The lowest BCUT2D eigenvalue weighted by atomic mass is 10.1. The lowest BCUT2D eigenvalue weighted by Crippen LogP contribution is -2.30. The van der Waals surface area contributed by atoms with Gasteiger partial charge in [-0.3, -0.25) is 10.0 Å². The third-order valence-electron chi connectivity index (χ3n) is 2.52. The molecular formula is C11H22N4O5. The van der Waals surface area contributed by atoms with Crippen molar-refractivity contribution in [3.8, 4) is 0 Å². The highest BCUT2D eigenvalue weighted by Gasteiger charge is 2.11. The molecule has 0 spiro atoms. The van der Waals surface area contributed by atoms with Crippen molar-refractivity contribution < 1.29 is 24.6 Å². The first-order valence-corrected chi connectivity index (χ1v) is 6.18. The second kappa shape index (κ2) is 9.98. The highest BCUT2D eigenvalue weighted by molar-refractivity contribution is 5.78. The quantitative estimate of drug-likeness (QED) is 0.213. The minimum atomic E-state index is -1.03. The standard InChI is InChI=1S/C11H22N4O5/c1-8(14-7-20-11(18)13-2)15(19)6-4-3-5-9(12)10(16)17/h9,19H,3-7,12H2,1-2H3,(H,13,18)(H,16,17)/t9-/m0/s1. The smallest absolute Gasteiger partial charge is 0.408 e. The van der Waals surface area contributed by atoms with E-state index in [2.05, 4.69) is 15.0 Å². The van der Waals surface area contributed by atoms with Gasteiger partial charge in [-0.1, -0.05) is 0 Å². The van der Waals surface area contributed by atoms with E-state index in [9.17, 15) is 14.8 Å². The summed E-state index contributed by atoms with van der Waals surface area (Å²) in [6.45, 7) is 1.67. The maximum Gasteiger partial charge on any atom is 0.408 e. The van der Waals surface area contributed by atoms with Gasteiger partial charge in [0.2, 0.25) is 0 Å². The summed E-state index contributed by atoms with van der Waals surface area (Å²) in [6, 6.07) is -0.877. The number of amidine groups is 1. The largest absolute Gasteiger partial charge is 0.480 e. The Morgan fingerprint density at radius 1 is 1.45 bits per heavy atom. The van der Waals surface area contributed by atoms with E-state index in [1.807, 2.05) is 0 Å². The van der Waals surface area contributed by atoms with Gasteiger partial charge in [-0.05, 0) is 26.2 Å². The molecule has 0 saturated heterocycles. The number of carbonyl (C=O) groups is 2. The summed E-state index contributed by atoms with van der Waals surface area (Å²) in [4.78, 5) is 25.1. The summed E-state index contributed by atoms with van der Waals surface area (Å²) in [7, 11) is 1.43. The first-order chi connectivity index (χ1) is 9.38. The van der Waals surface area contributed by atoms with Crippen molar-refractivity contribution in [2.75, 3.05) is 20.3 Å². The molecule has 0 heterocycles. The summed E-state index contributed by atoms with van der Waals surface area (Å²) in [5.74, 6) is -0.730. The molecule has 0 aliphatic heterocycles. The van der Waals surface area contributed by atoms with Crippen LogP contribution in [0.3, 0.4) is 0 Å². The SMILES string of the molecule is CNC(=O)OCN=C(C)N(O)CCCC[C@H](N)C(=O)O. The number of hydrogen-bond donors (Lipinski definition) is 4. The topological polar surface area (TPSA) is 137 Å². The molecule has 1 atom stereocenters. The Hall–Kier alpha value is -1.87. The molecule has 9 heteroatoms. The Morgan fingerprint density at radius 2 is 2.10 bits per heavy atom. The number of nitrogens with one attached hydrogen (secondary N) is 1. The van der Waals surface area contributed by atoms with Crippen molar-refractivity contribution in [1.82, 2.24) is 10.4 Å². The fourth-order valence-corrected chi connectivity index (χ4v) is 1.25. The number of carboxylic acids is 1. The van der Waals surface area contributed by atoms with Crippen molar-refractivity contribution in [2.45, 2.75) is 32.2 Å². The van der Waals surface area contributed by atoms with Crippen LogP contribution in [0.25, 0.3) is 0 Å². The Bertz CT molecular complexity index is 348. The van der Waals surface area contributed by atoms with Gasteiger partial charge in [0.25, 0.3) is 0 Å². The van der Waals surface area contributed by atoms with Gasteiger partial charge in [-0.2, -0.15) is 0 Å². The fourth-order valence-electron chi connectivity index (χ4n) is 1.25. The normalized spacial score (nSPS) is 12.7. The van der Waals surface area contributed by atoms with Crippen molar-refractivity contribution in [2.24, 2.45) is 10.7 Å². The Morgan fingerprint density at radius 3 is 2.65 bits per heavy atom. The van der Waals surface area contributed by atoms with E-state index in [-0.39, 0.29) is 6.73 Å². The van der Waals surface area contributed by atoms with E-state index in [0.29, 0.717) is 31.6 Å². The molecule has 20 heavy (non-hydrogen) atoms. The number of alkyl carbamates (subject to hydrolysis) is 1. The zero-order valence-corrected chi connectivity index (χ0v) is 11.7. The van der Waals surface area contributed by atoms with Crippen LogP contribution in [0.4, 0.5) is 4.79 Å². The molecule has 0 aromatic carbocycles. The lowest BCUT2D eigenvalue weighted by Gasteiger charge is -2.16. The number of nitrogens with zero attached hydrogens (tertiary/aromatic N) is 2. The zero-order chi connectivity index (χ0) is 15.5. The van der Waals surface area contributed by atoms with Crippen LogP contribution in [0.15, 0.2) is 4.99 Å². The summed E-state index contributed by atoms with van der Waals surface area (Å²) in [5, 5.41) is 21.4. The Labute approximate surface area is 117 Å². The highest BCUT2D eigenvalue weighted by atomic mass is 16.6. The van der Waals surface area contributed by atoms with Crippen molar-refractivity contribution in [3.05, 3.63) is 0 Å². The molecule has 0 aliphatic carbocycles. The molecular weight excluding hydrogens is 268 g/mol. The van der Waals surface area contributed by atoms with E-state index in [0.717, 1.165) is 5.06 Å². The summed E-state index contributed by atoms with van der Waals surface area (Å²) in [5.41, 5.74) is 5.35. The number of ether oxygens (including phenoxy) is 1. The third kappa shape index (κ3) is 8.27. The third-order valence-corrected chi connectivity index (χ3v) is 2.52. The van der Waals surface area contributed by atoms with Crippen LogP contribution in [-0.2, 0) is 9.53 Å². The number of hydroxylamine groups is 2. The van der Waals surface area contributed by atoms with E-state index >= 15 is 0 Å². The number of hydrogen-bond acceptors (Lipinski definition) is 6. The van der Waals surface area contributed by atoms with Gasteiger partial charge in [-0.25, -0.2) is 14.9 Å². The number of rotatable bonds is 8. The van der Waals surface area contributed by atoms with E-state index in [4.69, 9.17) is 10.8 Å². The Kier molecular flexibility index (Phi) is 9.05. The minimum Gasteiger partial charge on any atom is -0.480 e. The van der Waals surface area contributed by atoms with E-state index in [1.165, 1.54) is 7.05 Å². The van der Waals surface area contributed by atoms with Crippen LogP contribution >= 0.6 is 0 Å². The molecule has 0 bridgehead atoms. The molecule has 0 radical (unpaired) electrons. The molecule has 1 amide bonds. The summed E-state index contributed by atoms with van der Waals surface area (Å²) in [6.07, 6.45) is 0.889. The number of aliphatic imine (C=N–C) groups is 1. The van der Waals surface area contributed by atoms with E-state index in [1.54, 1.807) is 6.92 Å². The first-order valence-electron chi connectivity index (χ1n) is 6.18. The Balaban J connectivity index is 3.84. The number of carbonyl (C=O) groups excluding carboxylic acids is 1. The molecule has 0 saturated carbocycles. The van der Waals surface area contributed by atoms with Crippen LogP contribution in [0, 0.1) is 0 Å². The molecule has 116 valence electrons. The maximum absolute atomic E-state index is 10.8. The highest BCUT2D eigenvalue weighted by Crippen LogP contribution is 2.01. The molecule has 0 aromatic rings. The minimum absolute atomic E-state index is 0.188. The molecule has 9 nitrogen and oxygen atoms in total. The molecule has 0 aliphatic rings. The summed E-state index contributed by atoms with van der Waals surface area (Å²) >= 11 is 0. The van der Waals surface area contributed by atoms with Gasteiger partial charge in [0, 0.05) is 13.6 Å². The number of nitrogens with two attached hydrogens (primary N) is 1. The van der Waals surface area contributed by atoms with Crippen LogP contribution in [0.5, 0.6) is 0 Å². The van der Waals surface area contributed by atoms with E-state index < -0.39 is 18.1 Å². The van der Waals surface area contributed by atoms with Crippen LogP contribution in [0.1, 0.15) is 26.2 Å². The van der Waals surface area contributed by atoms with Crippen LogP contribution in [-0.4, -0.2) is 59.6 Å². The predicted octanol–water partition coefficient (Wildman–Crippen LogP) is -0.00830. The van der Waals surface area contributed by atoms with Crippen molar-refractivity contribution in [3.63, 3.8) is 0 Å². The van der Waals surface area contributed by atoms with Crippen LogP contribution < -0.4 is 11.1 Å². The zero-order valence-electron chi connectivity index (χ0n) is 11.7. The lowest BCUT2D eigenvalue weighted by molar-refractivity contribution is -0.138. The number of unbranched alkanes of at least 4 members (excludes halogenated alkanes) is 1. The number of carboxylic acid groups (broad SMARTS) is 1. The average molecular weight is 290 g/mol. The average Bonchev–Trinajstić information content (AvgIpc) is 2.42. The van der Waals surface area contributed by atoms with Crippen molar-refractivity contribution >= 4 is 17.9 Å². The van der Waals surface area contributed by atoms with Gasteiger partial charge in [-0.15, -0.1) is 0 Å². The molecule has 0 unspecified atom stereocenters. The second-order valence-corrected chi connectivity index (χ2v) is 4.08.